The molecule has 0 N–H and O–H groups in total. The van der Waals surface area contributed by atoms with Gasteiger partial charge in [-0.2, -0.15) is 0 Å². The van der Waals surface area contributed by atoms with Crippen molar-refractivity contribution in [3.8, 4) is 44.5 Å². The zero-order chi connectivity index (χ0) is 29.7. The number of rotatable bonds is 4. The summed E-state index contributed by atoms with van der Waals surface area (Å²) < 4.78 is 0. The maximum atomic E-state index is 6.75. The van der Waals surface area contributed by atoms with Gasteiger partial charge in [0.15, 0.2) is 0 Å². The molecule has 0 radical (unpaired) electrons. The molecule has 0 saturated carbocycles. The molecule has 7 rings (SSSR count). The number of halogens is 5. The van der Waals surface area contributed by atoms with Crippen LogP contribution in [0.1, 0.15) is 0 Å². The summed E-state index contributed by atoms with van der Waals surface area (Å²) in [6.45, 7) is 0. The molecule has 0 unspecified atom stereocenters. The lowest BCUT2D eigenvalue weighted by molar-refractivity contribution is 1.60. The van der Waals surface area contributed by atoms with E-state index in [-0.39, 0.29) is 25.1 Å². The van der Waals surface area contributed by atoms with Crippen molar-refractivity contribution in [1.29, 1.82) is 0 Å². The van der Waals surface area contributed by atoms with E-state index >= 15 is 0 Å². The summed E-state index contributed by atoms with van der Waals surface area (Å²) in [5.41, 5.74) is 8.20. The van der Waals surface area contributed by atoms with Gasteiger partial charge in [-0.3, -0.25) is 0 Å². The third-order valence-corrected chi connectivity index (χ3v) is 10.1. The summed E-state index contributed by atoms with van der Waals surface area (Å²) in [6, 6.07) is 44.4. The summed E-state index contributed by atoms with van der Waals surface area (Å²) in [5, 5.41) is 5.49. The first-order valence-electron chi connectivity index (χ1n) is 13.7. The van der Waals surface area contributed by atoms with Gasteiger partial charge in [-0.15, -0.1) is 0 Å². The minimum atomic E-state index is 0.139. The van der Waals surface area contributed by atoms with E-state index in [4.69, 9.17) is 58.0 Å². The summed E-state index contributed by atoms with van der Waals surface area (Å²) in [5.74, 6) is 0. The fraction of sp³-hybridized carbons (Fsp3) is 0. The second-order valence-electron chi connectivity index (χ2n) is 10.3. The average molecular weight is 655 g/mol. The summed E-state index contributed by atoms with van der Waals surface area (Å²) in [7, 11) is 0. The van der Waals surface area contributed by atoms with Gasteiger partial charge in [0.2, 0.25) is 0 Å². The van der Waals surface area contributed by atoms with Crippen molar-refractivity contribution < 1.29 is 0 Å². The van der Waals surface area contributed by atoms with Crippen molar-refractivity contribution in [2.24, 2.45) is 0 Å². The molecule has 208 valence electrons. The van der Waals surface area contributed by atoms with Gasteiger partial charge < -0.3 is 0 Å². The second-order valence-corrected chi connectivity index (χ2v) is 12.2. The van der Waals surface area contributed by atoms with Crippen molar-refractivity contribution in [2.75, 3.05) is 0 Å². The zero-order valence-electron chi connectivity index (χ0n) is 22.5. The first kappa shape index (κ1) is 28.3. The van der Waals surface area contributed by atoms with Crippen LogP contribution in [0, 0.1) is 0 Å². The Morgan fingerprint density at radius 1 is 0.256 bits per heavy atom. The molecule has 0 amide bonds. The molecule has 0 nitrogen and oxygen atoms in total. The van der Waals surface area contributed by atoms with Crippen LogP contribution in [0.4, 0.5) is 0 Å². The largest absolute Gasteiger partial charge is 0.0819 e. The number of hydrogen-bond acceptors (Lipinski definition) is 0. The molecule has 0 aliphatic heterocycles. The SMILES string of the molecule is Clc1c(Cl)c(Cl)c(-c2ccc3c(-c4ccc(-c5ccccc5)cc4)c4ccccc4c(-c4ccccc4)c3c2)c(Cl)c1Cl. The normalized spacial score (nSPS) is 11.4. The Kier molecular flexibility index (Phi) is 7.60. The highest BCUT2D eigenvalue weighted by Crippen LogP contribution is 2.50. The van der Waals surface area contributed by atoms with E-state index in [0.717, 1.165) is 44.0 Å². The van der Waals surface area contributed by atoms with Gasteiger partial charge in [-0.25, -0.2) is 0 Å². The predicted molar refractivity (Wildman–Crippen MR) is 188 cm³/mol. The maximum Gasteiger partial charge on any atom is 0.0809 e. The van der Waals surface area contributed by atoms with Crippen molar-refractivity contribution in [2.45, 2.75) is 0 Å². The van der Waals surface area contributed by atoms with Crippen LogP contribution in [-0.4, -0.2) is 0 Å². The maximum absolute atomic E-state index is 6.75. The van der Waals surface area contributed by atoms with Gasteiger partial charge >= 0.3 is 0 Å². The standard InChI is InChI=1S/C38H21Cl5/c39-34-33(35(40)37(42)38(43)36(34)41)26-19-20-29-30(21-26)32(24-11-5-2-6-12-24)28-14-8-7-13-27(28)31(29)25-17-15-23(16-18-25)22-9-3-1-4-10-22/h1-21H. The Morgan fingerprint density at radius 3 is 1.21 bits per heavy atom. The molecular weight excluding hydrogens is 634 g/mol. The van der Waals surface area contributed by atoms with Crippen molar-refractivity contribution in [1.82, 2.24) is 0 Å². The lowest BCUT2D eigenvalue weighted by Gasteiger charge is -2.20. The van der Waals surface area contributed by atoms with Gasteiger partial charge in [0, 0.05) is 5.56 Å². The van der Waals surface area contributed by atoms with Gasteiger partial charge in [0.05, 0.1) is 25.1 Å². The Hall–Kier alpha value is -3.49. The van der Waals surface area contributed by atoms with E-state index in [0.29, 0.717) is 5.56 Å². The van der Waals surface area contributed by atoms with Gasteiger partial charge in [-0.1, -0.05) is 179 Å². The van der Waals surface area contributed by atoms with Crippen LogP contribution in [0.15, 0.2) is 127 Å². The van der Waals surface area contributed by atoms with E-state index in [9.17, 15) is 0 Å². The lowest BCUT2D eigenvalue weighted by Crippen LogP contribution is -1.93. The molecule has 0 atom stereocenters. The highest BCUT2D eigenvalue weighted by Gasteiger charge is 2.23. The topological polar surface area (TPSA) is 0 Å². The minimum absolute atomic E-state index is 0.139. The molecule has 43 heavy (non-hydrogen) atoms. The van der Waals surface area contributed by atoms with Gasteiger partial charge in [-0.05, 0) is 66.6 Å². The van der Waals surface area contributed by atoms with Crippen LogP contribution in [0.3, 0.4) is 0 Å². The van der Waals surface area contributed by atoms with E-state index in [1.165, 1.54) is 16.5 Å². The number of fused-ring (bicyclic) bond motifs is 2. The molecule has 0 bridgehead atoms. The minimum Gasteiger partial charge on any atom is -0.0819 e. The van der Waals surface area contributed by atoms with Crippen LogP contribution in [-0.2, 0) is 0 Å². The molecule has 0 heterocycles. The molecule has 0 aliphatic carbocycles. The predicted octanol–water partition coefficient (Wildman–Crippen LogP) is 13.9. The van der Waals surface area contributed by atoms with E-state index < -0.39 is 0 Å². The summed E-state index contributed by atoms with van der Waals surface area (Å²) in [6.07, 6.45) is 0. The molecule has 7 aromatic carbocycles. The monoisotopic (exact) mass is 652 g/mol. The molecule has 0 aliphatic rings. The Labute approximate surface area is 275 Å². The van der Waals surface area contributed by atoms with Crippen LogP contribution < -0.4 is 0 Å². The van der Waals surface area contributed by atoms with Crippen molar-refractivity contribution in [3.63, 3.8) is 0 Å². The highest BCUT2D eigenvalue weighted by molar-refractivity contribution is 6.56. The fourth-order valence-electron chi connectivity index (χ4n) is 5.88. The molecule has 0 aromatic heterocycles. The molecule has 5 heteroatoms. The van der Waals surface area contributed by atoms with Gasteiger partial charge in [0.1, 0.15) is 0 Å². The van der Waals surface area contributed by atoms with Crippen molar-refractivity contribution in [3.05, 3.63) is 153 Å². The number of benzene rings is 7. The molecule has 0 fully saturated rings. The van der Waals surface area contributed by atoms with Crippen LogP contribution >= 0.6 is 58.0 Å². The van der Waals surface area contributed by atoms with Gasteiger partial charge in [0.25, 0.3) is 0 Å². The van der Waals surface area contributed by atoms with E-state index in [1.807, 2.05) is 18.2 Å². The van der Waals surface area contributed by atoms with Crippen LogP contribution in [0.5, 0.6) is 0 Å². The molecule has 0 spiro atoms. The smallest absolute Gasteiger partial charge is 0.0809 e. The Bertz CT molecular complexity index is 2120. The quantitative estimate of drug-likeness (QED) is 0.101. The van der Waals surface area contributed by atoms with E-state index in [1.54, 1.807) is 0 Å². The lowest BCUT2D eigenvalue weighted by atomic mass is 9.84. The molecule has 0 saturated heterocycles. The Morgan fingerprint density at radius 2 is 0.628 bits per heavy atom. The third-order valence-electron chi connectivity index (χ3n) is 7.87. The Balaban J connectivity index is 1.56. The average Bonchev–Trinajstić information content (AvgIpc) is 3.06. The highest BCUT2D eigenvalue weighted by atomic mass is 35.5. The van der Waals surface area contributed by atoms with Crippen molar-refractivity contribution >= 4 is 79.5 Å². The second kappa shape index (κ2) is 11.5. The van der Waals surface area contributed by atoms with E-state index in [2.05, 4.69) is 109 Å². The molecule has 7 aromatic rings. The summed E-state index contributed by atoms with van der Waals surface area (Å²) in [4.78, 5) is 0. The first-order chi connectivity index (χ1) is 20.9. The van der Waals surface area contributed by atoms with Crippen LogP contribution in [0.2, 0.25) is 25.1 Å². The number of hydrogen-bond donors (Lipinski definition) is 0. The third kappa shape index (κ3) is 4.89. The zero-order valence-corrected chi connectivity index (χ0v) is 26.3. The first-order valence-corrected chi connectivity index (χ1v) is 15.5. The van der Waals surface area contributed by atoms with Crippen LogP contribution in [0.25, 0.3) is 66.1 Å². The fourth-order valence-corrected chi connectivity index (χ4v) is 7.24. The molecular formula is C38H21Cl5. The summed E-state index contributed by atoms with van der Waals surface area (Å²) >= 11 is 32.8.